The van der Waals surface area contributed by atoms with Crippen LogP contribution in [0, 0.1) is 5.92 Å². The number of amides is 3. The van der Waals surface area contributed by atoms with E-state index in [1.54, 1.807) is 33.8 Å². The molecule has 0 saturated carbocycles. The Labute approximate surface area is 244 Å². The van der Waals surface area contributed by atoms with Crippen molar-refractivity contribution in [3.05, 3.63) is 60.3 Å². The number of carbonyl (C=O) groups is 5. The molecule has 3 amide bonds. The average molecular weight is 579 g/mol. The second kappa shape index (κ2) is 15.4. The van der Waals surface area contributed by atoms with Gasteiger partial charge >= 0.3 is 11.9 Å². The minimum Gasteiger partial charge on any atom is -0.466 e. The molecule has 1 heterocycles. The molecule has 3 aromatic rings. The zero-order valence-electron chi connectivity index (χ0n) is 24.3. The lowest BCUT2D eigenvalue weighted by molar-refractivity contribution is -0.149. The van der Waals surface area contributed by atoms with Gasteiger partial charge in [0, 0.05) is 17.3 Å². The molecule has 0 bridgehead atoms. The van der Waals surface area contributed by atoms with Gasteiger partial charge in [0.15, 0.2) is 0 Å². The first kappa shape index (κ1) is 31.9. The van der Waals surface area contributed by atoms with Gasteiger partial charge in [-0.15, -0.1) is 0 Å². The number of nitrogens with one attached hydrogen (secondary N) is 4. The van der Waals surface area contributed by atoms with Gasteiger partial charge in [-0.25, -0.2) is 4.79 Å². The van der Waals surface area contributed by atoms with Crippen LogP contribution in [0.15, 0.2) is 54.6 Å². The van der Waals surface area contributed by atoms with Crippen LogP contribution in [0.2, 0.25) is 0 Å². The van der Waals surface area contributed by atoms with E-state index in [0.29, 0.717) is 5.69 Å². The summed E-state index contributed by atoms with van der Waals surface area (Å²) in [4.78, 5) is 65.8. The van der Waals surface area contributed by atoms with Gasteiger partial charge in [0.05, 0.1) is 19.8 Å². The van der Waals surface area contributed by atoms with Gasteiger partial charge in [-0.3, -0.25) is 19.2 Å². The molecule has 0 aliphatic heterocycles. The van der Waals surface area contributed by atoms with Gasteiger partial charge < -0.3 is 30.4 Å². The van der Waals surface area contributed by atoms with Crippen molar-refractivity contribution < 1.29 is 33.4 Å². The lowest BCUT2D eigenvalue weighted by atomic mass is 10.0. The quantitative estimate of drug-likeness (QED) is 0.214. The molecule has 224 valence electrons. The minimum atomic E-state index is -1.09. The largest absolute Gasteiger partial charge is 0.466 e. The van der Waals surface area contributed by atoms with Crippen LogP contribution in [-0.4, -0.2) is 66.5 Å². The summed E-state index contributed by atoms with van der Waals surface area (Å²) in [6.45, 7) is 6.69. The number of hydrogen-bond acceptors (Lipinski definition) is 7. The summed E-state index contributed by atoms with van der Waals surface area (Å²) >= 11 is 0. The summed E-state index contributed by atoms with van der Waals surface area (Å²) in [5, 5.41) is 8.61. The SMILES string of the molecule is CCOC(=O)CC[C@@H](NC(=O)[C@@H](NC(=O)CNC(=O)c1cc2ccc(-c3ccccc3)cc2[nH]1)C(C)C)C(=O)OCC. The van der Waals surface area contributed by atoms with Crippen molar-refractivity contribution in [2.24, 2.45) is 5.92 Å². The maximum atomic E-state index is 13.1. The molecule has 2 atom stereocenters. The molecule has 1 aromatic heterocycles. The first-order valence-electron chi connectivity index (χ1n) is 14.0. The van der Waals surface area contributed by atoms with Crippen molar-refractivity contribution in [3.8, 4) is 11.1 Å². The summed E-state index contributed by atoms with van der Waals surface area (Å²) in [6, 6.07) is 15.3. The average Bonchev–Trinajstić information content (AvgIpc) is 3.41. The molecule has 0 saturated heterocycles. The number of aromatic amines is 1. The van der Waals surface area contributed by atoms with Crippen LogP contribution >= 0.6 is 0 Å². The lowest BCUT2D eigenvalue weighted by Gasteiger charge is -2.24. The number of aromatic nitrogens is 1. The summed E-state index contributed by atoms with van der Waals surface area (Å²) < 4.78 is 9.93. The Kier molecular flexibility index (Phi) is 11.7. The highest BCUT2D eigenvalue weighted by atomic mass is 16.5. The van der Waals surface area contributed by atoms with E-state index >= 15 is 0 Å². The van der Waals surface area contributed by atoms with E-state index in [1.807, 2.05) is 48.5 Å². The Morgan fingerprint density at radius 2 is 1.57 bits per heavy atom. The summed E-state index contributed by atoms with van der Waals surface area (Å²) in [5.74, 6) is -3.21. The Balaban J connectivity index is 1.59. The van der Waals surface area contributed by atoms with Crippen molar-refractivity contribution in [2.75, 3.05) is 19.8 Å². The number of carbonyl (C=O) groups excluding carboxylic acids is 5. The summed E-state index contributed by atoms with van der Waals surface area (Å²) in [5.41, 5.74) is 3.12. The highest BCUT2D eigenvalue weighted by Crippen LogP contribution is 2.24. The second-order valence-corrected chi connectivity index (χ2v) is 9.98. The second-order valence-electron chi connectivity index (χ2n) is 9.98. The predicted octanol–water partition coefficient (Wildman–Crippen LogP) is 3.10. The van der Waals surface area contributed by atoms with E-state index in [2.05, 4.69) is 20.9 Å². The molecule has 0 unspecified atom stereocenters. The number of rotatable bonds is 14. The number of fused-ring (bicyclic) bond motifs is 1. The standard InChI is InChI=1S/C31H38N4O7/c1-5-41-27(37)15-14-23(31(40)42-6-2)34-30(39)28(19(3)4)35-26(36)18-32-29(38)25-17-22-13-12-21(16-24(22)33-25)20-10-8-7-9-11-20/h7-13,16-17,19,23,28,33H,5-6,14-15,18H2,1-4H3,(H,32,38)(H,34,39)(H,35,36)/t23-,28+/m1/s1. The molecule has 2 aromatic carbocycles. The molecule has 0 radical (unpaired) electrons. The molecule has 3 rings (SSSR count). The summed E-state index contributed by atoms with van der Waals surface area (Å²) in [6.07, 6.45) is -0.112. The maximum absolute atomic E-state index is 13.1. The predicted molar refractivity (Wildman–Crippen MR) is 157 cm³/mol. The van der Waals surface area contributed by atoms with Crippen LogP contribution in [-0.2, 0) is 28.7 Å². The number of H-pyrrole nitrogens is 1. The number of benzene rings is 2. The van der Waals surface area contributed by atoms with Crippen molar-refractivity contribution in [1.82, 2.24) is 20.9 Å². The summed E-state index contributed by atoms with van der Waals surface area (Å²) in [7, 11) is 0. The van der Waals surface area contributed by atoms with Gasteiger partial charge in [0.25, 0.3) is 5.91 Å². The third-order valence-electron chi connectivity index (χ3n) is 6.48. The van der Waals surface area contributed by atoms with Crippen molar-refractivity contribution in [2.45, 2.75) is 52.6 Å². The molecule has 4 N–H and O–H groups in total. The zero-order chi connectivity index (χ0) is 30.6. The molecule has 11 heteroatoms. The fourth-order valence-corrected chi connectivity index (χ4v) is 4.32. The lowest BCUT2D eigenvalue weighted by Crippen LogP contribution is -2.55. The molecule has 0 fully saturated rings. The third-order valence-corrected chi connectivity index (χ3v) is 6.48. The number of esters is 2. The Bertz CT molecular complexity index is 1400. The van der Waals surface area contributed by atoms with Gasteiger partial charge in [0.1, 0.15) is 17.8 Å². The fraction of sp³-hybridized carbons (Fsp3) is 0.387. The minimum absolute atomic E-state index is 0.0183. The molecule has 0 aliphatic carbocycles. The van der Waals surface area contributed by atoms with Crippen molar-refractivity contribution in [1.29, 1.82) is 0 Å². The van der Waals surface area contributed by atoms with Crippen LogP contribution in [0.3, 0.4) is 0 Å². The Morgan fingerprint density at radius 1 is 0.857 bits per heavy atom. The van der Waals surface area contributed by atoms with E-state index in [0.717, 1.165) is 22.0 Å². The van der Waals surface area contributed by atoms with E-state index in [9.17, 15) is 24.0 Å². The molecule has 42 heavy (non-hydrogen) atoms. The van der Waals surface area contributed by atoms with Crippen LogP contribution in [0.1, 0.15) is 51.0 Å². The monoisotopic (exact) mass is 578 g/mol. The molecule has 0 spiro atoms. The third kappa shape index (κ3) is 8.92. The van der Waals surface area contributed by atoms with E-state index in [1.165, 1.54) is 0 Å². The first-order valence-corrected chi connectivity index (χ1v) is 14.0. The maximum Gasteiger partial charge on any atom is 0.328 e. The highest BCUT2D eigenvalue weighted by Gasteiger charge is 2.30. The smallest absolute Gasteiger partial charge is 0.328 e. The van der Waals surface area contributed by atoms with Gasteiger partial charge in [-0.1, -0.05) is 56.3 Å². The van der Waals surface area contributed by atoms with E-state index in [-0.39, 0.29) is 38.5 Å². The van der Waals surface area contributed by atoms with Crippen LogP contribution in [0.5, 0.6) is 0 Å². The number of ether oxygens (including phenoxy) is 2. The van der Waals surface area contributed by atoms with E-state index < -0.39 is 41.7 Å². The first-order chi connectivity index (χ1) is 20.1. The van der Waals surface area contributed by atoms with Crippen molar-refractivity contribution in [3.63, 3.8) is 0 Å². The molecular weight excluding hydrogens is 540 g/mol. The normalized spacial score (nSPS) is 12.3. The molecular formula is C31H38N4O7. The van der Waals surface area contributed by atoms with Gasteiger partial charge in [0.2, 0.25) is 11.8 Å². The fourth-order valence-electron chi connectivity index (χ4n) is 4.32. The molecule has 0 aliphatic rings. The Morgan fingerprint density at radius 3 is 2.24 bits per heavy atom. The van der Waals surface area contributed by atoms with Gasteiger partial charge in [-0.05, 0) is 49.4 Å². The van der Waals surface area contributed by atoms with Crippen LogP contribution in [0.25, 0.3) is 22.0 Å². The number of hydrogen-bond donors (Lipinski definition) is 4. The van der Waals surface area contributed by atoms with Crippen LogP contribution < -0.4 is 16.0 Å². The van der Waals surface area contributed by atoms with Crippen molar-refractivity contribution >= 4 is 40.6 Å². The van der Waals surface area contributed by atoms with E-state index in [4.69, 9.17) is 9.47 Å². The topological polar surface area (TPSA) is 156 Å². The Hall–Kier alpha value is -4.67. The highest BCUT2D eigenvalue weighted by molar-refractivity contribution is 6.00. The zero-order valence-corrected chi connectivity index (χ0v) is 24.3. The molecule has 11 nitrogen and oxygen atoms in total. The van der Waals surface area contributed by atoms with Crippen LogP contribution in [0.4, 0.5) is 0 Å². The van der Waals surface area contributed by atoms with Gasteiger partial charge in [-0.2, -0.15) is 0 Å².